The lowest BCUT2D eigenvalue weighted by Crippen LogP contribution is -2.42. The standard InChI is InChI=1S/C14H23NO3/c1-14(2,3)15-9-11(16)10-18-13-8-6-5-7-12(13)17-4/h5-8,11,15-16H,9-10H2,1-4H3/t11-/m1/s1. The van der Waals surface area contributed by atoms with Crippen LogP contribution in [-0.4, -0.2) is 37.0 Å². The third-order valence-corrected chi connectivity index (χ3v) is 2.37. The molecule has 1 atom stereocenters. The van der Waals surface area contributed by atoms with Gasteiger partial charge in [0.25, 0.3) is 0 Å². The normalized spacial score (nSPS) is 13.2. The highest BCUT2D eigenvalue weighted by molar-refractivity contribution is 5.39. The molecule has 0 fully saturated rings. The maximum Gasteiger partial charge on any atom is 0.161 e. The number of benzene rings is 1. The van der Waals surface area contributed by atoms with Gasteiger partial charge in [-0.05, 0) is 32.9 Å². The highest BCUT2D eigenvalue weighted by Gasteiger charge is 2.13. The molecule has 0 aromatic heterocycles. The van der Waals surface area contributed by atoms with Crippen LogP contribution in [-0.2, 0) is 0 Å². The average Bonchev–Trinajstić information content (AvgIpc) is 2.33. The maximum absolute atomic E-state index is 9.81. The number of aliphatic hydroxyl groups is 1. The van der Waals surface area contributed by atoms with Crippen molar-refractivity contribution in [3.63, 3.8) is 0 Å². The Morgan fingerprint density at radius 3 is 2.39 bits per heavy atom. The van der Waals surface area contributed by atoms with Gasteiger partial charge in [0.2, 0.25) is 0 Å². The van der Waals surface area contributed by atoms with Crippen LogP contribution < -0.4 is 14.8 Å². The first-order chi connectivity index (χ1) is 8.42. The molecule has 0 aliphatic rings. The number of β-amino-alcohol motifs (C(OH)–C–C–N with tert-alkyl or cyclic N) is 1. The van der Waals surface area contributed by atoms with Crippen molar-refractivity contribution in [3.8, 4) is 11.5 Å². The van der Waals surface area contributed by atoms with E-state index in [-0.39, 0.29) is 12.1 Å². The number of para-hydroxylation sites is 2. The highest BCUT2D eigenvalue weighted by atomic mass is 16.5. The van der Waals surface area contributed by atoms with Crippen LogP contribution in [0.25, 0.3) is 0 Å². The Kier molecular flexibility index (Phi) is 5.44. The number of hydrogen-bond acceptors (Lipinski definition) is 4. The summed E-state index contributed by atoms with van der Waals surface area (Å²) in [4.78, 5) is 0. The first-order valence-electron chi connectivity index (χ1n) is 6.11. The molecule has 4 nitrogen and oxygen atoms in total. The van der Waals surface area contributed by atoms with Gasteiger partial charge >= 0.3 is 0 Å². The van der Waals surface area contributed by atoms with Crippen LogP contribution in [0.5, 0.6) is 11.5 Å². The molecular weight excluding hydrogens is 230 g/mol. The van der Waals surface area contributed by atoms with Crippen LogP contribution >= 0.6 is 0 Å². The number of ether oxygens (including phenoxy) is 2. The zero-order chi connectivity index (χ0) is 13.6. The highest BCUT2D eigenvalue weighted by Crippen LogP contribution is 2.25. The van der Waals surface area contributed by atoms with Crippen molar-refractivity contribution in [2.45, 2.75) is 32.4 Å². The molecule has 18 heavy (non-hydrogen) atoms. The lowest BCUT2D eigenvalue weighted by atomic mass is 10.1. The molecule has 1 aromatic carbocycles. The summed E-state index contributed by atoms with van der Waals surface area (Å²) in [5.74, 6) is 1.32. The fourth-order valence-corrected chi connectivity index (χ4v) is 1.41. The van der Waals surface area contributed by atoms with Crippen LogP contribution in [0.4, 0.5) is 0 Å². The Balaban J connectivity index is 2.40. The van der Waals surface area contributed by atoms with Gasteiger partial charge in [-0.1, -0.05) is 12.1 Å². The zero-order valence-electron chi connectivity index (χ0n) is 11.6. The Morgan fingerprint density at radius 2 is 1.83 bits per heavy atom. The summed E-state index contributed by atoms with van der Waals surface area (Å²) in [6, 6.07) is 7.40. The van der Waals surface area contributed by atoms with Gasteiger partial charge in [0.15, 0.2) is 11.5 Å². The van der Waals surface area contributed by atoms with E-state index in [2.05, 4.69) is 26.1 Å². The van der Waals surface area contributed by atoms with Crippen molar-refractivity contribution in [2.75, 3.05) is 20.3 Å². The monoisotopic (exact) mass is 253 g/mol. The average molecular weight is 253 g/mol. The molecule has 0 aliphatic heterocycles. The summed E-state index contributed by atoms with van der Waals surface area (Å²) in [6.07, 6.45) is -0.547. The van der Waals surface area contributed by atoms with Gasteiger partial charge in [-0.2, -0.15) is 0 Å². The third-order valence-electron chi connectivity index (χ3n) is 2.37. The summed E-state index contributed by atoms with van der Waals surface area (Å²) >= 11 is 0. The molecular formula is C14H23NO3. The minimum absolute atomic E-state index is 0.00851. The molecule has 0 saturated carbocycles. The Labute approximate surface area is 109 Å². The molecule has 0 spiro atoms. The fraction of sp³-hybridized carbons (Fsp3) is 0.571. The summed E-state index contributed by atoms with van der Waals surface area (Å²) in [5, 5.41) is 13.0. The van der Waals surface area contributed by atoms with Gasteiger partial charge in [0, 0.05) is 12.1 Å². The van der Waals surface area contributed by atoms with Gasteiger partial charge < -0.3 is 19.9 Å². The Bertz CT molecular complexity index is 360. The summed E-state index contributed by atoms with van der Waals surface area (Å²) in [5.41, 5.74) is -0.00851. The van der Waals surface area contributed by atoms with E-state index in [1.54, 1.807) is 7.11 Å². The smallest absolute Gasteiger partial charge is 0.161 e. The molecule has 0 saturated heterocycles. The van der Waals surface area contributed by atoms with E-state index in [4.69, 9.17) is 9.47 Å². The molecule has 0 bridgehead atoms. The number of hydrogen-bond donors (Lipinski definition) is 2. The second-order valence-electron chi connectivity index (χ2n) is 5.25. The van der Waals surface area contributed by atoms with Gasteiger partial charge in [0.1, 0.15) is 12.7 Å². The molecule has 102 valence electrons. The van der Waals surface area contributed by atoms with Crippen LogP contribution in [0.1, 0.15) is 20.8 Å². The summed E-state index contributed by atoms with van der Waals surface area (Å²) < 4.78 is 10.7. The molecule has 0 unspecified atom stereocenters. The van der Waals surface area contributed by atoms with E-state index in [0.717, 1.165) is 0 Å². The molecule has 0 heterocycles. The first-order valence-corrected chi connectivity index (χ1v) is 6.11. The molecule has 0 aliphatic carbocycles. The lowest BCUT2D eigenvalue weighted by Gasteiger charge is -2.23. The SMILES string of the molecule is COc1ccccc1OC[C@H](O)CNC(C)(C)C. The second-order valence-corrected chi connectivity index (χ2v) is 5.25. The van der Waals surface area contributed by atoms with Gasteiger partial charge in [-0.25, -0.2) is 0 Å². The van der Waals surface area contributed by atoms with Crippen molar-refractivity contribution < 1.29 is 14.6 Å². The number of nitrogens with one attached hydrogen (secondary N) is 1. The van der Waals surface area contributed by atoms with E-state index >= 15 is 0 Å². The minimum Gasteiger partial charge on any atom is -0.493 e. The third kappa shape index (κ3) is 5.38. The summed E-state index contributed by atoms with van der Waals surface area (Å²) in [6.45, 7) is 6.91. The van der Waals surface area contributed by atoms with E-state index in [1.165, 1.54) is 0 Å². The van der Waals surface area contributed by atoms with E-state index in [9.17, 15) is 5.11 Å². The first kappa shape index (κ1) is 14.8. The van der Waals surface area contributed by atoms with Crippen molar-refractivity contribution in [1.82, 2.24) is 5.32 Å². The van der Waals surface area contributed by atoms with Crippen LogP contribution in [0.2, 0.25) is 0 Å². The number of rotatable bonds is 6. The van der Waals surface area contributed by atoms with Crippen LogP contribution in [0.15, 0.2) is 24.3 Å². The summed E-state index contributed by atoms with van der Waals surface area (Å²) in [7, 11) is 1.60. The molecule has 2 N–H and O–H groups in total. The zero-order valence-corrected chi connectivity index (χ0v) is 11.6. The Hall–Kier alpha value is -1.26. The van der Waals surface area contributed by atoms with Gasteiger partial charge in [-0.15, -0.1) is 0 Å². The van der Waals surface area contributed by atoms with Crippen molar-refractivity contribution >= 4 is 0 Å². The van der Waals surface area contributed by atoms with Gasteiger partial charge in [-0.3, -0.25) is 0 Å². The molecule has 0 radical (unpaired) electrons. The quantitative estimate of drug-likeness (QED) is 0.812. The molecule has 1 aromatic rings. The van der Waals surface area contributed by atoms with Crippen molar-refractivity contribution in [3.05, 3.63) is 24.3 Å². The topological polar surface area (TPSA) is 50.7 Å². The van der Waals surface area contributed by atoms with Crippen molar-refractivity contribution in [1.29, 1.82) is 0 Å². The van der Waals surface area contributed by atoms with E-state index < -0.39 is 6.10 Å². The largest absolute Gasteiger partial charge is 0.493 e. The molecule has 1 rings (SSSR count). The van der Waals surface area contributed by atoms with Crippen molar-refractivity contribution in [2.24, 2.45) is 0 Å². The Morgan fingerprint density at radius 1 is 1.22 bits per heavy atom. The predicted octanol–water partition coefficient (Wildman–Crippen LogP) is 1.82. The number of methoxy groups -OCH3 is 1. The van der Waals surface area contributed by atoms with Crippen LogP contribution in [0, 0.1) is 0 Å². The second kappa shape index (κ2) is 6.61. The lowest BCUT2D eigenvalue weighted by molar-refractivity contribution is 0.0985. The minimum atomic E-state index is -0.547. The van der Waals surface area contributed by atoms with Gasteiger partial charge in [0.05, 0.1) is 7.11 Å². The number of aliphatic hydroxyl groups excluding tert-OH is 1. The predicted molar refractivity (Wildman–Crippen MR) is 72.3 cm³/mol. The van der Waals surface area contributed by atoms with Crippen LogP contribution in [0.3, 0.4) is 0 Å². The fourth-order valence-electron chi connectivity index (χ4n) is 1.41. The molecule has 0 amide bonds. The molecule has 4 heteroatoms. The maximum atomic E-state index is 9.81. The van der Waals surface area contributed by atoms with E-state index in [1.807, 2.05) is 24.3 Å². The van der Waals surface area contributed by atoms with E-state index in [0.29, 0.717) is 18.0 Å².